The van der Waals surface area contributed by atoms with Crippen LogP contribution in [-0.2, 0) is 0 Å². The van der Waals surface area contributed by atoms with Crippen LogP contribution in [0.3, 0.4) is 0 Å². The van der Waals surface area contributed by atoms with Gasteiger partial charge in [-0.2, -0.15) is 0 Å². The molecule has 1 unspecified atom stereocenters. The molecule has 0 bridgehead atoms. The molecule has 0 spiro atoms. The van der Waals surface area contributed by atoms with E-state index in [1.807, 2.05) is 18.2 Å². The number of nitrogens with one attached hydrogen (secondary N) is 1. The van der Waals surface area contributed by atoms with Gasteiger partial charge in [0.05, 0.1) is 0 Å². The summed E-state index contributed by atoms with van der Waals surface area (Å²) in [6.07, 6.45) is -0.315. The van der Waals surface area contributed by atoms with Crippen molar-refractivity contribution in [3.63, 3.8) is 0 Å². The Morgan fingerprint density at radius 2 is 1.05 bits per heavy atom. The van der Waals surface area contributed by atoms with Crippen molar-refractivity contribution in [1.29, 1.82) is 0 Å². The first kappa shape index (κ1) is 31.2. The van der Waals surface area contributed by atoms with Gasteiger partial charge in [-0.25, -0.2) is 9.98 Å². The van der Waals surface area contributed by atoms with Crippen LogP contribution in [0.5, 0.6) is 0 Å². The molecule has 0 saturated carbocycles. The van der Waals surface area contributed by atoms with Crippen LogP contribution in [0, 0.1) is 0 Å². The van der Waals surface area contributed by atoms with Gasteiger partial charge in [-0.05, 0) is 84.9 Å². The Morgan fingerprint density at radius 3 is 1.93 bits per heavy atom. The Hall–Kier alpha value is -7.30. The minimum atomic E-state index is -0.315. The molecule has 55 heavy (non-hydrogen) atoms. The normalized spacial score (nSPS) is 14.4. The number of benzene rings is 9. The van der Waals surface area contributed by atoms with Crippen molar-refractivity contribution in [2.75, 3.05) is 0 Å². The standard InChI is InChI=1S/C51H33N3O/c1-2-12-36(13-3-1)49-52-50(40-25-20-32-10-4-5-14-37(32)31-40)54-51(53-49)45-29-28-43(48-47(45)44-16-8-9-17-46(44)55-48)35-21-18-33(19-22-35)38-26-27-42-39(30-38)24-23-34-11-6-7-15-41(34)42/h1-31,49H,(H,52,53,54). The van der Waals surface area contributed by atoms with E-state index in [9.17, 15) is 0 Å². The first-order valence-electron chi connectivity index (χ1n) is 18.7. The molecular formula is C51H33N3O. The van der Waals surface area contributed by atoms with Gasteiger partial charge >= 0.3 is 0 Å². The Kier molecular flexibility index (Phi) is 7.20. The summed E-state index contributed by atoms with van der Waals surface area (Å²) in [4.78, 5) is 10.4. The highest BCUT2D eigenvalue weighted by Gasteiger charge is 2.25. The van der Waals surface area contributed by atoms with E-state index >= 15 is 0 Å². The molecule has 1 aromatic heterocycles. The molecule has 1 atom stereocenters. The van der Waals surface area contributed by atoms with E-state index in [-0.39, 0.29) is 6.17 Å². The second-order valence-corrected chi connectivity index (χ2v) is 14.2. The average molecular weight is 704 g/mol. The summed E-state index contributed by atoms with van der Waals surface area (Å²) < 4.78 is 6.73. The van der Waals surface area contributed by atoms with Crippen molar-refractivity contribution >= 4 is 65.9 Å². The van der Waals surface area contributed by atoms with Gasteiger partial charge in [0.25, 0.3) is 0 Å². The summed E-state index contributed by atoms with van der Waals surface area (Å²) >= 11 is 0. The van der Waals surface area contributed by atoms with Crippen LogP contribution in [0.2, 0.25) is 0 Å². The zero-order valence-electron chi connectivity index (χ0n) is 29.8. The van der Waals surface area contributed by atoms with E-state index in [1.54, 1.807) is 0 Å². The van der Waals surface area contributed by atoms with Crippen molar-refractivity contribution in [3.8, 4) is 22.3 Å². The van der Waals surface area contributed by atoms with Crippen LogP contribution in [0.1, 0.15) is 22.9 Å². The van der Waals surface area contributed by atoms with Crippen LogP contribution in [0.25, 0.3) is 76.5 Å². The Labute approximate surface area is 317 Å². The highest BCUT2D eigenvalue weighted by molar-refractivity contribution is 6.23. The molecule has 1 N–H and O–H groups in total. The maximum atomic E-state index is 6.73. The fraction of sp³-hybridized carbons (Fsp3) is 0.0196. The highest BCUT2D eigenvalue weighted by Crippen LogP contribution is 2.40. The molecule has 0 aliphatic carbocycles. The van der Waals surface area contributed by atoms with E-state index in [1.165, 1.54) is 38.1 Å². The van der Waals surface area contributed by atoms with Gasteiger partial charge < -0.3 is 9.73 Å². The van der Waals surface area contributed by atoms with E-state index in [2.05, 4.69) is 175 Å². The molecule has 1 aliphatic rings. The number of hydrogen-bond acceptors (Lipinski definition) is 4. The van der Waals surface area contributed by atoms with Crippen molar-refractivity contribution in [1.82, 2.24) is 5.32 Å². The van der Waals surface area contributed by atoms with Gasteiger partial charge in [-0.15, -0.1) is 0 Å². The quantitative estimate of drug-likeness (QED) is 0.181. The third-order valence-electron chi connectivity index (χ3n) is 10.9. The van der Waals surface area contributed by atoms with Gasteiger partial charge in [-0.3, -0.25) is 0 Å². The lowest BCUT2D eigenvalue weighted by molar-refractivity contribution is 0.668. The Balaban J connectivity index is 1.02. The zero-order chi connectivity index (χ0) is 36.3. The van der Waals surface area contributed by atoms with Gasteiger partial charge in [-0.1, -0.05) is 158 Å². The summed E-state index contributed by atoms with van der Waals surface area (Å²) in [7, 11) is 0. The van der Waals surface area contributed by atoms with E-state index in [0.29, 0.717) is 5.84 Å². The number of fused-ring (bicyclic) bond motifs is 7. The Bertz CT molecular complexity index is 3170. The second kappa shape index (κ2) is 12.7. The molecule has 4 heteroatoms. The summed E-state index contributed by atoms with van der Waals surface area (Å²) in [5.41, 5.74) is 9.17. The molecule has 9 aromatic carbocycles. The van der Waals surface area contributed by atoms with Gasteiger partial charge in [0.2, 0.25) is 0 Å². The molecule has 10 aromatic rings. The minimum absolute atomic E-state index is 0.315. The largest absolute Gasteiger partial charge is 0.455 e. The topological polar surface area (TPSA) is 49.9 Å². The number of furan rings is 1. The SMILES string of the molecule is c1ccc(C2N=C(c3ccc4ccccc4c3)N=C(c3ccc(-c4ccc(-c5ccc6c(ccc7ccccc76)c5)cc4)c4oc5ccccc5c34)N2)cc1. The van der Waals surface area contributed by atoms with Crippen LogP contribution >= 0.6 is 0 Å². The smallest absolute Gasteiger partial charge is 0.159 e. The van der Waals surface area contributed by atoms with Gasteiger partial charge in [0.15, 0.2) is 5.84 Å². The molecular weight excluding hydrogens is 671 g/mol. The van der Waals surface area contributed by atoms with E-state index < -0.39 is 0 Å². The summed E-state index contributed by atoms with van der Waals surface area (Å²) in [5.74, 6) is 1.45. The molecule has 2 heterocycles. The predicted octanol–water partition coefficient (Wildman–Crippen LogP) is 12.9. The van der Waals surface area contributed by atoms with E-state index in [0.717, 1.165) is 61.0 Å². The lowest BCUT2D eigenvalue weighted by Crippen LogP contribution is -2.33. The van der Waals surface area contributed by atoms with E-state index in [4.69, 9.17) is 14.4 Å². The van der Waals surface area contributed by atoms with Crippen LogP contribution in [-0.4, -0.2) is 11.7 Å². The summed E-state index contributed by atoms with van der Waals surface area (Å²) in [6, 6.07) is 66.4. The lowest BCUT2D eigenvalue weighted by Gasteiger charge is -2.24. The first-order chi connectivity index (χ1) is 27.2. The monoisotopic (exact) mass is 703 g/mol. The molecule has 0 fully saturated rings. The predicted molar refractivity (Wildman–Crippen MR) is 229 cm³/mol. The van der Waals surface area contributed by atoms with Crippen molar-refractivity contribution in [2.24, 2.45) is 9.98 Å². The number of para-hydroxylation sites is 1. The fourth-order valence-corrected chi connectivity index (χ4v) is 8.14. The third-order valence-corrected chi connectivity index (χ3v) is 10.9. The van der Waals surface area contributed by atoms with Gasteiger partial charge in [0.1, 0.15) is 23.2 Å². The first-order valence-corrected chi connectivity index (χ1v) is 18.7. The summed E-state index contributed by atoms with van der Waals surface area (Å²) in [6.45, 7) is 0. The molecule has 0 saturated heterocycles. The number of nitrogens with zero attached hydrogens (tertiary/aromatic N) is 2. The molecule has 0 radical (unpaired) electrons. The second-order valence-electron chi connectivity index (χ2n) is 14.2. The molecule has 258 valence electrons. The maximum absolute atomic E-state index is 6.73. The lowest BCUT2D eigenvalue weighted by atomic mass is 9.94. The van der Waals surface area contributed by atoms with Crippen LogP contribution in [0.15, 0.2) is 202 Å². The maximum Gasteiger partial charge on any atom is 0.159 e. The molecule has 1 aliphatic heterocycles. The number of amidine groups is 2. The summed E-state index contributed by atoms with van der Waals surface area (Å²) in [5, 5.41) is 13.2. The van der Waals surface area contributed by atoms with Crippen molar-refractivity contribution in [3.05, 3.63) is 205 Å². The third kappa shape index (κ3) is 5.38. The zero-order valence-corrected chi connectivity index (χ0v) is 29.8. The minimum Gasteiger partial charge on any atom is -0.455 e. The number of aliphatic imine (C=N–C) groups is 2. The number of rotatable bonds is 5. The van der Waals surface area contributed by atoms with Crippen LogP contribution in [0.4, 0.5) is 0 Å². The molecule has 4 nitrogen and oxygen atoms in total. The van der Waals surface area contributed by atoms with Crippen LogP contribution < -0.4 is 5.32 Å². The number of hydrogen-bond donors (Lipinski definition) is 1. The molecule has 11 rings (SSSR count). The Morgan fingerprint density at radius 1 is 0.436 bits per heavy atom. The van der Waals surface area contributed by atoms with Crippen molar-refractivity contribution in [2.45, 2.75) is 6.17 Å². The van der Waals surface area contributed by atoms with Gasteiger partial charge in [0, 0.05) is 27.5 Å². The van der Waals surface area contributed by atoms with Crippen molar-refractivity contribution < 1.29 is 4.42 Å². The molecule has 0 amide bonds. The average Bonchev–Trinajstić information content (AvgIpc) is 3.66. The highest BCUT2D eigenvalue weighted by atomic mass is 16.3. The fourth-order valence-electron chi connectivity index (χ4n) is 8.14.